The standard InChI is InChI=1S/C24H26FN3O2/c1-16-11-20-12-18(5-7-22(20)27-16)14-26-24(30)19-6-8-23(29)28(15-19)10-9-17-3-2-4-21(25)13-17/h2-5,7,11-13,19,27H,6,8-10,14-15H2,1H3,(H,26,30)/t19-/m1/s1. The van der Waals surface area contributed by atoms with E-state index in [1.54, 1.807) is 11.0 Å². The van der Waals surface area contributed by atoms with Crippen LogP contribution in [0.5, 0.6) is 0 Å². The van der Waals surface area contributed by atoms with Crippen molar-refractivity contribution in [1.29, 1.82) is 0 Å². The number of nitrogens with one attached hydrogen (secondary N) is 2. The number of rotatable bonds is 6. The summed E-state index contributed by atoms with van der Waals surface area (Å²) in [5.74, 6) is -0.455. The molecule has 1 aromatic heterocycles. The number of halogens is 1. The van der Waals surface area contributed by atoms with Gasteiger partial charge in [0.25, 0.3) is 0 Å². The van der Waals surface area contributed by atoms with Crippen LogP contribution in [0.3, 0.4) is 0 Å². The third kappa shape index (κ3) is 4.70. The Hall–Kier alpha value is -3.15. The number of aromatic nitrogens is 1. The average Bonchev–Trinajstić information content (AvgIpc) is 3.10. The second kappa shape index (κ2) is 8.69. The second-order valence-electron chi connectivity index (χ2n) is 8.05. The van der Waals surface area contributed by atoms with E-state index in [0.29, 0.717) is 38.9 Å². The summed E-state index contributed by atoms with van der Waals surface area (Å²) >= 11 is 0. The van der Waals surface area contributed by atoms with Gasteiger partial charge in [0.15, 0.2) is 0 Å². The smallest absolute Gasteiger partial charge is 0.225 e. The molecule has 1 saturated heterocycles. The lowest BCUT2D eigenvalue weighted by Gasteiger charge is -2.32. The minimum atomic E-state index is -0.275. The second-order valence-corrected chi connectivity index (χ2v) is 8.05. The highest BCUT2D eigenvalue weighted by molar-refractivity contribution is 5.84. The molecule has 1 aliphatic heterocycles. The molecule has 1 fully saturated rings. The van der Waals surface area contributed by atoms with Crippen LogP contribution in [0.25, 0.3) is 10.9 Å². The maximum absolute atomic E-state index is 13.4. The van der Waals surface area contributed by atoms with Crippen molar-refractivity contribution in [3.8, 4) is 0 Å². The van der Waals surface area contributed by atoms with Gasteiger partial charge in [-0.1, -0.05) is 18.2 Å². The van der Waals surface area contributed by atoms with Crippen LogP contribution >= 0.6 is 0 Å². The van der Waals surface area contributed by atoms with Crippen LogP contribution in [0.15, 0.2) is 48.5 Å². The first-order valence-electron chi connectivity index (χ1n) is 10.4. The molecule has 0 bridgehead atoms. The van der Waals surface area contributed by atoms with Crippen molar-refractivity contribution in [3.05, 3.63) is 71.2 Å². The van der Waals surface area contributed by atoms with Crippen LogP contribution in [0, 0.1) is 18.7 Å². The van der Waals surface area contributed by atoms with Gasteiger partial charge in [-0.15, -0.1) is 0 Å². The average molecular weight is 407 g/mol. The minimum Gasteiger partial charge on any atom is -0.359 e. The Morgan fingerprint density at radius 1 is 1.20 bits per heavy atom. The van der Waals surface area contributed by atoms with Crippen LogP contribution in [0.4, 0.5) is 4.39 Å². The summed E-state index contributed by atoms with van der Waals surface area (Å²) < 4.78 is 13.4. The molecular weight excluding hydrogens is 381 g/mol. The Labute approximate surface area is 175 Å². The first-order valence-corrected chi connectivity index (χ1v) is 10.4. The maximum Gasteiger partial charge on any atom is 0.225 e. The highest BCUT2D eigenvalue weighted by Gasteiger charge is 2.29. The third-order valence-electron chi connectivity index (χ3n) is 5.72. The van der Waals surface area contributed by atoms with Crippen molar-refractivity contribution >= 4 is 22.7 Å². The molecule has 0 radical (unpaired) electrons. The summed E-state index contributed by atoms with van der Waals surface area (Å²) in [6, 6.07) is 14.6. The van der Waals surface area contributed by atoms with Crippen molar-refractivity contribution in [3.63, 3.8) is 0 Å². The summed E-state index contributed by atoms with van der Waals surface area (Å²) in [5.41, 5.74) is 4.09. The molecule has 2 amide bonds. The fraction of sp³-hybridized carbons (Fsp3) is 0.333. The van der Waals surface area contributed by atoms with E-state index in [1.807, 2.05) is 25.1 Å². The van der Waals surface area contributed by atoms with Crippen LogP contribution in [0.2, 0.25) is 0 Å². The molecule has 2 heterocycles. The van der Waals surface area contributed by atoms with Gasteiger partial charge in [0.05, 0.1) is 5.92 Å². The van der Waals surface area contributed by atoms with Crippen LogP contribution in [0.1, 0.15) is 29.7 Å². The number of carbonyl (C=O) groups is 2. The molecular formula is C24H26FN3O2. The predicted molar refractivity (Wildman–Crippen MR) is 114 cm³/mol. The monoisotopic (exact) mass is 407 g/mol. The highest BCUT2D eigenvalue weighted by atomic mass is 19.1. The molecule has 0 spiro atoms. The van der Waals surface area contributed by atoms with E-state index in [4.69, 9.17) is 0 Å². The minimum absolute atomic E-state index is 0.0244. The molecule has 1 atom stereocenters. The fourth-order valence-corrected chi connectivity index (χ4v) is 4.07. The molecule has 0 unspecified atom stereocenters. The van der Waals surface area contributed by atoms with Crippen LogP contribution in [-0.2, 0) is 22.6 Å². The Kier molecular flexibility index (Phi) is 5.84. The number of piperidine rings is 1. The van der Waals surface area contributed by atoms with E-state index >= 15 is 0 Å². The SMILES string of the molecule is Cc1cc2cc(CNC(=O)[C@@H]3CCC(=O)N(CCc4cccc(F)c4)C3)ccc2[nH]1. The number of fused-ring (bicyclic) bond motifs is 1. The van der Waals surface area contributed by atoms with Gasteiger partial charge in [-0.3, -0.25) is 9.59 Å². The first-order chi connectivity index (χ1) is 14.5. The first kappa shape index (κ1) is 20.1. The number of hydrogen-bond donors (Lipinski definition) is 2. The van der Waals surface area contributed by atoms with E-state index in [2.05, 4.69) is 22.4 Å². The number of likely N-dealkylation sites (tertiary alicyclic amines) is 1. The Bertz CT molecular complexity index is 1080. The normalized spacial score (nSPS) is 16.8. The van der Waals surface area contributed by atoms with Gasteiger partial charge in [-0.25, -0.2) is 4.39 Å². The molecule has 156 valence electrons. The number of benzene rings is 2. The summed E-state index contributed by atoms with van der Waals surface area (Å²) in [6.07, 6.45) is 1.51. The summed E-state index contributed by atoms with van der Waals surface area (Å²) in [7, 11) is 0. The number of nitrogens with zero attached hydrogens (tertiary/aromatic N) is 1. The zero-order valence-corrected chi connectivity index (χ0v) is 17.1. The Morgan fingerprint density at radius 2 is 2.07 bits per heavy atom. The Morgan fingerprint density at radius 3 is 2.90 bits per heavy atom. The number of aryl methyl sites for hydroxylation is 1. The van der Waals surface area contributed by atoms with E-state index < -0.39 is 0 Å². The summed E-state index contributed by atoms with van der Waals surface area (Å²) in [6.45, 7) is 3.39. The molecule has 0 saturated carbocycles. The quantitative estimate of drug-likeness (QED) is 0.654. The molecule has 6 heteroatoms. The van der Waals surface area contributed by atoms with Gasteiger partial charge < -0.3 is 15.2 Å². The Balaban J connectivity index is 1.32. The van der Waals surface area contributed by atoms with E-state index in [-0.39, 0.29) is 23.5 Å². The van der Waals surface area contributed by atoms with Gasteiger partial charge >= 0.3 is 0 Å². The van der Waals surface area contributed by atoms with Gasteiger partial charge in [0.2, 0.25) is 11.8 Å². The van der Waals surface area contributed by atoms with Gasteiger partial charge in [0, 0.05) is 37.3 Å². The van der Waals surface area contributed by atoms with Gasteiger partial charge in [-0.2, -0.15) is 0 Å². The van der Waals surface area contributed by atoms with Crippen molar-refractivity contribution in [1.82, 2.24) is 15.2 Å². The van der Waals surface area contributed by atoms with E-state index in [9.17, 15) is 14.0 Å². The number of carbonyl (C=O) groups excluding carboxylic acids is 2. The molecule has 2 aromatic carbocycles. The van der Waals surface area contributed by atoms with Crippen LogP contribution < -0.4 is 5.32 Å². The molecule has 1 aliphatic rings. The van der Waals surface area contributed by atoms with Gasteiger partial charge in [0.1, 0.15) is 5.82 Å². The van der Waals surface area contributed by atoms with Crippen molar-refractivity contribution in [2.75, 3.05) is 13.1 Å². The lowest BCUT2D eigenvalue weighted by Crippen LogP contribution is -2.46. The van der Waals surface area contributed by atoms with Crippen molar-refractivity contribution in [2.24, 2.45) is 5.92 Å². The van der Waals surface area contributed by atoms with E-state index in [0.717, 1.165) is 27.7 Å². The van der Waals surface area contributed by atoms with E-state index in [1.165, 1.54) is 12.1 Å². The number of aromatic amines is 1. The maximum atomic E-state index is 13.4. The molecule has 4 rings (SSSR count). The molecule has 30 heavy (non-hydrogen) atoms. The van der Waals surface area contributed by atoms with Crippen LogP contribution in [-0.4, -0.2) is 34.8 Å². The topological polar surface area (TPSA) is 65.2 Å². The largest absolute Gasteiger partial charge is 0.359 e. The van der Waals surface area contributed by atoms with Crippen molar-refractivity contribution < 1.29 is 14.0 Å². The molecule has 3 aromatic rings. The number of H-pyrrole nitrogens is 1. The zero-order valence-electron chi connectivity index (χ0n) is 17.1. The summed E-state index contributed by atoms with van der Waals surface area (Å²) in [4.78, 5) is 30.0. The van der Waals surface area contributed by atoms with Crippen molar-refractivity contribution in [2.45, 2.75) is 32.7 Å². The molecule has 5 nitrogen and oxygen atoms in total. The zero-order chi connectivity index (χ0) is 21.1. The van der Waals surface area contributed by atoms with Gasteiger partial charge in [-0.05, 0) is 66.6 Å². The third-order valence-corrected chi connectivity index (χ3v) is 5.72. The molecule has 0 aliphatic carbocycles. The highest BCUT2D eigenvalue weighted by Crippen LogP contribution is 2.20. The number of hydrogen-bond acceptors (Lipinski definition) is 2. The molecule has 2 N–H and O–H groups in total. The fourth-order valence-electron chi connectivity index (χ4n) is 4.07. The lowest BCUT2D eigenvalue weighted by atomic mass is 9.96. The predicted octanol–water partition coefficient (Wildman–Crippen LogP) is 3.71. The number of amides is 2. The summed E-state index contributed by atoms with van der Waals surface area (Å²) in [5, 5.41) is 4.15. The lowest BCUT2D eigenvalue weighted by molar-refractivity contribution is -0.138.